The second-order valence-corrected chi connectivity index (χ2v) is 7.09. The van der Waals surface area contributed by atoms with E-state index in [9.17, 15) is 0 Å². The fourth-order valence-corrected chi connectivity index (χ4v) is 3.37. The molecule has 4 rings (SSSR count). The van der Waals surface area contributed by atoms with Crippen LogP contribution in [-0.4, -0.2) is 29.9 Å². The summed E-state index contributed by atoms with van der Waals surface area (Å²) in [5, 5.41) is 7.60. The van der Waals surface area contributed by atoms with Gasteiger partial charge < -0.3 is 15.2 Å². The predicted molar refractivity (Wildman–Crippen MR) is 106 cm³/mol. The Morgan fingerprint density at radius 2 is 2.08 bits per heavy atom. The molecular formula is C18H19N7S. The fourth-order valence-electron chi connectivity index (χ4n) is 2.72. The maximum Gasteiger partial charge on any atom is 0.230 e. The molecule has 4 aromatic rings. The summed E-state index contributed by atoms with van der Waals surface area (Å²) in [4.78, 5) is 13.6. The molecular weight excluding hydrogens is 346 g/mol. The highest BCUT2D eigenvalue weighted by Gasteiger charge is 2.15. The van der Waals surface area contributed by atoms with Gasteiger partial charge in [0.25, 0.3) is 0 Å². The van der Waals surface area contributed by atoms with Crippen molar-refractivity contribution in [3.63, 3.8) is 0 Å². The van der Waals surface area contributed by atoms with Crippen molar-refractivity contribution in [2.45, 2.75) is 26.8 Å². The lowest BCUT2D eigenvalue weighted by Gasteiger charge is -2.14. The van der Waals surface area contributed by atoms with E-state index in [2.05, 4.69) is 38.8 Å². The summed E-state index contributed by atoms with van der Waals surface area (Å²) in [6.07, 6.45) is 5.57. The van der Waals surface area contributed by atoms with E-state index in [0.29, 0.717) is 5.95 Å². The van der Waals surface area contributed by atoms with Gasteiger partial charge in [-0.25, -0.2) is 4.98 Å². The highest BCUT2D eigenvalue weighted by molar-refractivity contribution is 7.10. The molecule has 0 saturated carbocycles. The Hall–Kier alpha value is -3.00. The Kier molecular flexibility index (Phi) is 4.26. The number of pyridine rings is 1. The zero-order valence-electron chi connectivity index (χ0n) is 14.8. The molecule has 7 nitrogen and oxygen atoms in total. The van der Waals surface area contributed by atoms with Gasteiger partial charge in [-0.1, -0.05) is 0 Å². The molecule has 0 saturated heterocycles. The first kappa shape index (κ1) is 16.5. The minimum atomic E-state index is 0.240. The number of rotatable bonds is 5. The Bertz CT molecular complexity index is 1040. The van der Waals surface area contributed by atoms with Crippen LogP contribution in [0.4, 0.5) is 16.8 Å². The summed E-state index contributed by atoms with van der Waals surface area (Å²) >= 11 is 1.40. The number of nitrogens with one attached hydrogen (secondary N) is 2. The molecule has 0 atom stereocenters. The molecule has 2 N–H and O–H groups in total. The van der Waals surface area contributed by atoms with Crippen LogP contribution in [-0.2, 0) is 0 Å². The molecule has 0 aliphatic rings. The van der Waals surface area contributed by atoms with Crippen LogP contribution < -0.4 is 10.6 Å². The van der Waals surface area contributed by atoms with Crippen LogP contribution in [0.1, 0.15) is 19.5 Å². The first-order chi connectivity index (χ1) is 12.6. The Morgan fingerprint density at radius 3 is 2.77 bits per heavy atom. The number of nitrogens with zero attached hydrogens (tertiary/aromatic N) is 5. The van der Waals surface area contributed by atoms with Crippen LogP contribution in [0.15, 0.2) is 42.9 Å². The lowest BCUT2D eigenvalue weighted by Crippen LogP contribution is -2.13. The van der Waals surface area contributed by atoms with Gasteiger partial charge in [0.2, 0.25) is 5.95 Å². The number of anilines is 3. The van der Waals surface area contributed by atoms with Gasteiger partial charge in [0.1, 0.15) is 10.5 Å². The summed E-state index contributed by atoms with van der Waals surface area (Å²) in [6.45, 7) is 6.14. The number of fused-ring (bicyclic) bond motifs is 1. The van der Waals surface area contributed by atoms with Crippen molar-refractivity contribution in [2.75, 3.05) is 10.6 Å². The molecule has 26 heavy (non-hydrogen) atoms. The minimum Gasteiger partial charge on any atom is -0.366 e. The summed E-state index contributed by atoms with van der Waals surface area (Å²) in [7, 11) is 0. The maximum absolute atomic E-state index is 4.71. The lowest BCUT2D eigenvalue weighted by molar-refractivity contribution is 0.888. The van der Waals surface area contributed by atoms with E-state index in [4.69, 9.17) is 4.98 Å². The van der Waals surface area contributed by atoms with E-state index in [1.165, 1.54) is 11.5 Å². The highest BCUT2D eigenvalue weighted by Crippen LogP contribution is 2.28. The van der Waals surface area contributed by atoms with E-state index in [1.807, 2.05) is 48.1 Å². The van der Waals surface area contributed by atoms with E-state index < -0.39 is 0 Å². The average Bonchev–Trinajstić information content (AvgIpc) is 3.21. The van der Waals surface area contributed by atoms with Crippen molar-refractivity contribution in [2.24, 2.45) is 0 Å². The number of aromatic nitrogens is 5. The maximum atomic E-state index is 4.71. The lowest BCUT2D eigenvalue weighted by atomic mass is 10.3. The van der Waals surface area contributed by atoms with Gasteiger partial charge in [0, 0.05) is 18.4 Å². The molecule has 0 aliphatic heterocycles. The van der Waals surface area contributed by atoms with E-state index in [1.54, 1.807) is 6.20 Å². The molecule has 4 aromatic heterocycles. The molecule has 0 bridgehead atoms. The van der Waals surface area contributed by atoms with Gasteiger partial charge in [-0.3, -0.25) is 4.98 Å². The number of hydrogen-bond acceptors (Lipinski definition) is 7. The van der Waals surface area contributed by atoms with Crippen molar-refractivity contribution in [3.8, 4) is 5.69 Å². The average molecular weight is 365 g/mol. The first-order valence-electron chi connectivity index (χ1n) is 8.36. The predicted octanol–water partition coefficient (Wildman–Crippen LogP) is 4.14. The van der Waals surface area contributed by atoms with Crippen LogP contribution in [0.2, 0.25) is 0 Å². The Balaban J connectivity index is 1.82. The largest absolute Gasteiger partial charge is 0.366 e. The molecule has 0 unspecified atom stereocenters. The number of hydrogen-bond donors (Lipinski definition) is 2. The third kappa shape index (κ3) is 3.23. The van der Waals surface area contributed by atoms with Crippen molar-refractivity contribution in [1.82, 2.24) is 23.9 Å². The standard InChI is InChI=1S/C18H19N7S/c1-11(2)20-17-16-14(6-8-25(16)13-5-4-7-19-10-13)21-18(23-17)22-15-9-12(3)24-26-15/h4-11H,1-3H3,(H2,20,21,22,23). The Labute approximate surface area is 155 Å². The van der Waals surface area contributed by atoms with Crippen molar-refractivity contribution < 1.29 is 0 Å². The number of aryl methyl sites for hydroxylation is 1. The van der Waals surface area contributed by atoms with Crippen molar-refractivity contribution in [1.29, 1.82) is 0 Å². The molecule has 8 heteroatoms. The van der Waals surface area contributed by atoms with Gasteiger partial charge >= 0.3 is 0 Å². The molecule has 4 heterocycles. The quantitative estimate of drug-likeness (QED) is 0.553. The summed E-state index contributed by atoms with van der Waals surface area (Å²) in [6, 6.07) is 8.13. The van der Waals surface area contributed by atoms with Crippen LogP contribution in [0.3, 0.4) is 0 Å². The molecule has 0 radical (unpaired) electrons. The zero-order valence-corrected chi connectivity index (χ0v) is 15.6. The van der Waals surface area contributed by atoms with Crippen LogP contribution in [0.5, 0.6) is 0 Å². The third-order valence-corrected chi connectivity index (χ3v) is 4.54. The van der Waals surface area contributed by atoms with Gasteiger partial charge in [-0.15, -0.1) is 0 Å². The summed E-state index contributed by atoms with van der Waals surface area (Å²) in [5.74, 6) is 1.33. The van der Waals surface area contributed by atoms with E-state index in [-0.39, 0.29) is 6.04 Å². The summed E-state index contributed by atoms with van der Waals surface area (Å²) in [5.41, 5.74) is 3.73. The monoisotopic (exact) mass is 365 g/mol. The van der Waals surface area contributed by atoms with Crippen LogP contribution in [0.25, 0.3) is 16.7 Å². The van der Waals surface area contributed by atoms with Gasteiger partial charge in [0.05, 0.1) is 23.1 Å². The van der Waals surface area contributed by atoms with E-state index in [0.717, 1.165) is 33.2 Å². The second-order valence-electron chi connectivity index (χ2n) is 6.28. The third-order valence-electron chi connectivity index (χ3n) is 3.75. The zero-order chi connectivity index (χ0) is 18.1. The Morgan fingerprint density at radius 1 is 1.19 bits per heavy atom. The second kappa shape index (κ2) is 6.72. The summed E-state index contributed by atoms with van der Waals surface area (Å²) < 4.78 is 6.34. The molecule has 132 valence electrons. The SMILES string of the molecule is Cc1cc(Nc2nc(NC(C)C)c3c(ccn3-c3cccnc3)n2)sn1. The molecule has 0 amide bonds. The van der Waals surface area contributed by atoms with Gasteiger partial charge in [0.15, 0.2) is 5.82 Å². The van der Waals surface area contributed by atoms with Crippen LogP contribution >= 0.6 is 11.5 Å². The first-order valence-corrected chi connectivity index (χ1v) is 9.14. The van der Waals surface area contributed by atoms with Gasteiger partial charge in [-0.2, -0.15) is 9.36 Å². The highest BCUT2D eigenvalue weighted by atomic mass is 32.1. The topological polar surface area (TPSA) is 80.5 Å². The molecule has 0 aromatic carbocycles. The molecule has 0 spiro atoms. The molecule has 0 fully saturated rings. The molecule has 0 aliphatic carbocycles. The fraction of sp³-hybridized carbons (Fsp3) is 0.222. The van der Waals surface area contributed by atoms with Crippen LogP contribution in [0, 0.1) is 6.92 Å². The smallest absolute Gasteiger partial charge is 0.230 e. The van der Waals surface area contributed by atoms with Crippen molar-refractivity contribution in [3.05, 3.63) is 48.5 Å². The van der Waals surface area contributed by atoms with Crippen molar-refractivity contribution >= 4 is 39.3 Å². The normalized spacial score (nSPS) is 11.2. The minimum absolute atomic E-state index is 0.240. The van der Waals surface area contributed by atoms with E-state index >= 15 is 0 Å². The van der Waals surface area contributed by atoms with Gasteiger partial charge in [-0.05, 0) is 56.6 Å².